The minimum absolute atomic E-state index is 0.307. The summed E-state index contributed by atoms with van der Waals surface area (Å²) in [5.74, 6) is 2.35. The average molecular weight is 286 g/mol. The SMILES string of the molecule is CCCn1nccc1C(O)C1SCCSC1CC. The maximum absolute atomic E-state index is 10.6. The van der Waals surface area contributed by atoms with Gasteiger partial charge in [-0.15, -0.1) is 0 Å². The Balaban J connectivity index is 2.13. The molecule has 18 heavy (non-hydrogen) atoms. The standard InChI is InChI=1S/C13H22N2OS2/c1-3-7-15-10(5-6-14-15)12(16)13-11(4-2)17-8-9-18-13/h5-6,11-13,16H,3-4,7-9H2,1-2H3. The summed E-state index contributed by atoms with van der Waals surface area (Å²) in [5, 5.41) is 15.8. The van der Waals surface area contributed by atoms with Gasteiger partial charge in [-0.3, -0.25) is 4.68 Å². The quantitative estimate of drug-likeness (QED) is 0.903. The van der Waals surface area contributed by atoms with E-state index in [0.717, 1.165) is 30.8 Å². The highest BCUT2D eigenvalue weighted by atomic mass is 32.2. The average Bonchev–Trinajstić information content (AvgIpc) is 2.86. The number of nitrogens with zero attached hydrogens (tertiary/aromatic N) is 2. The summed E-state index contributed by atoms with van der Waals surface area (Å²) < 4.78 is 1.96. The minimum atomic E-state index is -0.387. The van der Waals surface area contributed by atoms with Crippen molar-refractivity contribution < 1.29 is 5.11 Å². The van der Waals surface area contributed by atoms with Gasteiger partial charge < -0.3 is 5.11 Å². The third kappa shape index (κ3) is 3.06. The van der Waals surface area contributed by atoms with Crippen LogP contribution in [0.15, 0.2) is 12.3 Å². The lowest BCUT2D eigenvalue weighted by atomic mass is 10.1. The van der Waals surface area contributed by atoms with E-state index in [1.807, 2.05) is 34.3 Å². The second-order valence-electron chi connectivity index (χ2n) is 4.58. The number of hydrogen-bond donors (Lipinski definition) is 1. The fourth-order valence-corrected chi connectivity index (χ4v) is 5.51. The van der Waals surface area contributed by atoms with Crippen molar-refractivity contribution in [3.05, 3.63) is 18.0 Å². The van der Waals surface area contributed by atoms with E-state index in [0.29, 0.717) is 10.5 Å². The monoisotopic (exact) mass is 286 g/mol. The number of hydrogen-bond acceptors (Lipinski definition) is 4. The van der Waals surface area contributed by atoms with Crippen LogP contribution in [0.4, 0.5) is 0 Å². The highest BCUT2D eigenvalue weighted by Crippen LogP contribution is 2.40. The Morgan fingerprint density at radius 3 is 2.94 bits per heavy atom. The number of rotatable bonds is 5. The first-order valence-corrected chi connectivity index (χ1v) is 8.80. The van der Waals surface area contributed by atoms with E-state index < -0.39 is 0 Å². The highest BCUT2D eigenvalue weighted by molar-refractivity contribution is 8.07. The summed E-state index contributed by atoms with van der Waals surface area (Å²) in [7, 11) is 0. The molecule has 1 aromatic heterocycles. The van der Waals surface area contributed by atoms with Gasteiger partial charge in [0.1, 0.15) is 6.10 Å². The maximum Gasteiger partial charge on any atom is 0.108 e. The fourth-order valence-electron chi connectivity index (χ4n) is 2.39. The number of aliphatic hydroxyl groups excluding tert-OH is 1. The van der Waals surface area contributed by atoms with Crippen molar-refractivity contribution in [2.24, 2.45) is 0 Å². The van der Waals surface area contributed by atoms with Crippen LogP contribution in [0, 0.1) is 0 Å². The molecule has 1 saturated heterocycles. The third-order valence-electron chi connectivity index (χ3n) is 3.29. The molecule has 0 spiro atoms. The van der Waals surface area contributed by atoms with Crippen molar-refractivity contribution in [2.75, 3.05) is 11.5 Å². The van der Waals surface area contributed by atoms with E-state index in [1.165, 1.54) is 5.75 Å². The Hall–Kier alpha value is -0.130. The molecular formula is C13H22N2OS2. The zero-order valence-electron chi connectivity index (χ0n) is 11.1. The van der Waals surface area contributed by atoms with Crippen LogP contribution in [0.3, 0.4) is 0 Å². The molecule has 3 nitrogen and oxygen atoms in total. The Kier molecular flexibility index (Phi) is 5.45. The van der Waals surface area contributed by atoms with Gasteiger partial charge in [0.15, 0.2) is 0 Å². The minimum Gasteiger partial charge on any atom is -0.386 e. The van der Waals surface area contributed by atoms with Crippen LogP contribution in [0.25, 0.3) is 0 Å². The van der Waals surface area contributed by atoms with Crippen molar-refractivity contribution in [1.29, 1.82) is 0 Å². The van der Waals surface area contributed by atoms with E-state index in [-0.39, 0.29) is 6.10 Å². The van der Waals surface area contributed by atoms with E-state index in [4.69, 9.17) is 0 Å². The normalized spacial score (nSPS) is 26.2. The summed E-state index contributed by atoms with van der Waals surface area (Å²) in [6.45, 7) is 5.24. The van der Waals surface area contributed by atoms with Crippen molar-refractivity contribution in [3.8, 4) is 0 Å². The van der Waals surface area contributed by atoms with Crippen molar-refractivity contribution in [3.63, 3.8) is 0 Å². The molecule has 5 heteroatoms. The van der Waals surface area contributed by atoms with E-state index >= 15 is 0 Å². The summed E-state index contributed by atoms with van der Waals surface area (Å²) in [5.41, 5.74) is 0.982. The molecule has 0 radical (unpaired) electrons. The summed E-state index contributed by atoms with van der Waals surface area (Å²) in [4.78, 5) is 0. The van der Waals surface area contributed by atoms with Crippen LogP contribution >= 0.6 is 23.5 Å². The predicted octanol–water partition coefficient (Wildman–Crippen LogP) is 2.95. The molecule has 0 saturated carbocycles. The molecule has 2 rings (SSSR count). The fraction of sp³-hybridized carbons (Fsp3) is 0.769. The van der Waals surface area contributed by atoms with Gasteiger partial charge in [0.05, 0.1) is 5.69 Å². The summed E-state index contributed by atoms with van der Waals surface area (Å²) in [6, 6.07) is 1.97. The van der Waals surface area contributed by atoms with E-state index in [9.17, 15) is 5.11 Å². The van der Waals surface area contributed by atoms with Gasteiger partial charge in [0.2, 0.25) is 0 Å². The van der Waals surface area contributed by atoms with Gasteiger partial charge in [0.25, 0.3) is 0 Å². The first kappa shape index (κ1) is 14.3. The third-order valence-corrected chi connectivity index (χ3v) is 6.63. The first-order valence-electron chi connectivity index (χ1n) is 6.70. The van der Waals surface area contributed by atoms with Crippen LogP contribution in [0.2, 0.25) is 0 Å². The molecule has 0 bridgehead atoms. The van der Waals surface area contributed by atoms with Gasteiger partial charge >= 0.3 is 0 Å². The highest BCUT2D eigenvalue weighted by Gasteiger charge is 2.33. The van der Waals surface area contributed by atoms with Gasteiger partial charge in [-0.1, -0.05) is 13.8 Å². The van der Waals surface area contributed by atoms with Gasteiger partial charge in [0, 0.05) is 34.7 Å². The Morgan fingerprint density at radius 2 is 2.22 bits per heavy atom. The number of aliphatic hydroxyl groups is 1. The predicted molar refractivity (Wildman–Crippen MR) is 80.3 cm³/mol. The summed E-state index contributed by atoms with van der Waals surface area (Å²) in [6.07, 6.45) is 3.59. The molecule has 3 unspecified atom stereocenters. The second-order valence-corrected chi connectivity index (χ2v) is 7.21. The molecule has 0 aromatic carbocycles. The number of aromatic nitrogens is 2. The summed E-state index contributed by atoms with van der Waals surface area (Å²) >= 11 is 3.92. The largest absolute Gasteiger partial charge is 0.386 e. The maximum atomic E-state index is 10.6. The molecule has 2 heterocycles. The molecule has 0 aliphatic carbocycles. The lowest BCUT2D eigenvalue weighted by Crippen LogP contribution is -2.32. The van der Waals surface area contributed by atoms with Gasteiger partial charge in [-0.25, -0.2) is 0 Å². The second kappa shape index (κ2) is 6.87. The molecule has 0 amide bonds. The molecule has 1 aliphatic rings. The Bertz CT molecular complexity index is 370. The Labute approximate surface area is 118 Å². The lowest BCUT2D eigenvalue weighted by molar-refractivity contribution is 0.161. The van der Waals surface area contributed by atoms with Crippen molar-refractivity contribution in [1.82, 2.24) is 9.78 Å². The van der Waals surface area contributed by atoms with Crippen LogP contribution in [0.1, 0.15) is 38.5 Å². The smallest absolute Gasteiger partial charge is 0.108 e. The molecule has 1 N–H and O–H groups in total. The first-order chi connectivity index (χ1) is 8.77. The van der Waals surface area contributed by atoms with E-state index in [1.54, 1.807) is 6.20 Å². The zero-order valence-corrected chi connectivity index (χ0v) is 12.7. The Morgan fingerprint density at radius 1 is 1.44 bits per heavy atom. The number of aryl methyl sites for hydroxylation is 1. The van der Waals surface area contributed by atoms with Crippen molar-refractivity contribution in [2.45, 2.75) is 49.8 Å². The molecule has 1 fully saturated rings. The molecular weight excluding hydrogens is 264 g/mol. The van der Waals surface area contributed by atoms with Crippen LogP contribution < -0.4 is 0 Å². The van der Waals surface area contributed by atoms with Gasteiger partial charge in [-0.05, 0) is 18.9 Å². The molecule has 3 atom stereocenters. The molecule has 1 aliphatic heterocycles. The van der Waals surface area contributed by atoms with E-state index in [2.05, 4.69) is 18.9 Å². The molecule has 102 valence electrons. The van der Waals surface area contributed by atoms with Gasteiger partial charge in [-0.2, -0.15) is 28.6 Å². The topological polar surface area (TPSA) is 38.0 Å². The zero-order chi connectivity index (χ0) is 13.0. The lowest BCUT2D eigenvalue weighted by Gasteiger charge is -2.33. The van der Waals surface area contributed by atoms with Crippen LogP contribution in [-0.2, 0) is 6.54 Å². The van der Waals surface area contributed by atoms with Crippen LogP contribution in [-0.4, -0.2) is 36.9 Å². The van der Waals surface area contributed by atoms with Crippen LogP contribution in [0.5, 0.6) is 0 Å². The van der Waals surface area contributed by atoms with Crippen molar-refractivity contribution >= 4 is 23.5 Å². The number of thioether (sulfide) groups is 2. The molecule has 1 aromatic rings.